The van der Waals surface area contributed by atoms with Crippen LogP contribution in [-0.2, 0) is 28.3 Å². The van der Waals surface area contributed by atoms with Crippen LogP contribution in [0.1, 0.15) is 25.3 Å². The van der Waals surface area contributed by atoms with E-state index in [4.69, 9.17) is 0 Å². The van der Waals surface area contributed by atoms with Crippen molar-refractivity contribution in [2.75, 3.05) is 31.9 Å². The number of rotatable bonds is 6. The Morgan fingerprint density at radius 1 is 1.23 bits per heavy atom. The number of aromatic nitrogens is 1. The van der Waals surface area contributed by atoms with Crippen LogP contribution < -0.4 is 0 Å². The average Bonchev–Trinajstić information content (AvgIpc) is 2.90. The molecule has 0 bridgehead atoms. The van der Waals surface area contributed by atoms with Gasteiger partial charge in [-0.25, -0.2) is 8.42 Å². The molecule has 0 saturated carbocycles. The molecule has 124 valence electrons. The van der Waals surface area contributed by atoms with Gasteiger partial charge in [0.05, 0.1) is 12.2 Å². The van der Waals surface area contributed by atoms with Crippen LogP contribution >= 0.6 is 0 Å². The lowest BCUT2D eigenvalue weighted by atomic mass is 10.2. The van der Waals surface area contributed by atoms with Crippen molar-refractivity contribution in [1.82, 2.24) is 13.8 Å². The monoisotopic (exact) mass is 327 g/mol. The Morgan fingerprint density at radius 2 is 1.91 bits per heavy atom. The zero-order valence-corrected chi connectivity index (χ0v) is 14.2. The van der Waals surface area contributed by atoms with Gasteiger partial charge in [0.25, 0.3) is 0 Å². The standard InChI is InChI=1S/C15H25N3O3S/c1-3-4-11-22(20,21)18-9-7-17(8-10-18)15(19)12-14-5-6-16(2)13-14/h5-6,13H,3-4,7-12H2,1-2H3. The Morgan fingerprint density at radius 3 is 2.45 bits per heavy atom. The summed E-state index contributed by atoms with van der Waals surface area (Å²) in [7, 11) is -1.23. The second kappa shape index (κ2) is 7.28. The van der Waals surface area contributed by atoms with Gasteiger partial charge in [-0.3, -0.25) is 4.79 Å². The first-order valence-electron chi connectivity index (χ1n) is 7.79. The molecule has 2 rings (SSSR count). The molecule has 0 unspecified atom stereocenters. The van der Waals surface area contributed by atoms with E-state index in [2.05, 4.69) is 0 Å². The Bertz CT molecular complexity index is 601. The molecule has 1 fully saturated rings. The van der Waals surface area contributed by atoms with E-state index in [9.17, 15) is 13.2 Å². The summed E-state index contributed by atoms with van der Waals surface area (Å²) in [6.45, 7) is 3.77. The molecule has 1 aromatic heterocycles. The molecule has 0 aromatic carbocycles. The minimum atomic E-state index is -3.16. The smallest absolute Gasteiger partial charge is 0.227 e. The number of hydrogen-bond acceptors (Lipinski definition) is 3. The second-order valence-corrected chi connectivity index (χ2v) is 7.90. The summed E-state index contributed by atoms with van der Waals surface area (Å²) in [5.74, 6) is 0.276. The highest BCUT2D eigenvalue weighted by Gasteiger charge is 2.28. The zero-order valence-electron chi connectivity index (χ0n) is 13.4. The molecule has 0 atom stereocenters. The topological polar surface area (TPSA) is 62.6 Å². The molecular formula is C15H25N3O3S. The molecule has 0 N–H and O–H groups in total. The van der Waals surface area contributed by atoms with Gasteiger partial charge in [0.2, 0.25) is 15.9 Å². The number of piperazine rings is 1. The third-order valence-corrected chi connectivity index (χ3v) is 5.95. The molecule has 1 amide bonds. The Hall–Kier alpha value is -1.34. The van der Waals surface area contributed by atoms with Crippen molar-refractivity contribution < 1.29 is 13.2 Å². The van der Waals surface area contributed by atoms with Crippen LogP contribution in [0.4, 0.5) is 0 Å². The van der Waals surface area contributed by atoms with Gasteiger partial charge in [0.1, 0.15) is 0 Å². The number of unbranched alkanes of at least 4 members (excludes halogenated alkanes) is 1. The molecule has 6 nitrogen and oxygen atoms in total. The molecule has 1 aliphatic rings. The molecule has 7 heteroatoms. The van der Waals surface area contributed by atoms with E-state index in [0.29, 0.717) is 39.0 Å². The van der Waals surface area contributed by atoms with E-state index in [-0.39, 0.29) is 11.7 Å². The summed E-state index contributed by atoms with van der Waals surface area (Å²) in [5.41, 5.74) is 0.991. The zero-order chi connectivity index (χ0) is 16.2. The summed E-state index contributed by atoms with van der Waals surface area (Å²) in [4.78, 5) is 14.0. The van der Waals surface area contributed by atoms with Crippen LogP contribution in [0.15, 0.2) is 18.5 Å². The number of carbonyl (C=O) groups excluding carboxylic acids is 1. The van der Waals surface area contributed by atoms with Gasteiger partial charge in [-0.15, -0.1) is 0 Å². The summed E-state index contributed by atoms with van der Waals surface area (Å²) in [5, 5.41) is 0. The molecule has 0 radical (unpaired) electrons. The Kier molecular flexibility index (Phi) is 5.63. The number of carbonyl (C=O) groups is 1. The summed E-state index contributed by atoms with van der Waals surface area (Å²) in [6.07, 6.45) is 5.79. The van der Waals surface area contributed by atoms with Crippen molar-refractivity contribution in [3.8, 4) is 0 Å². The number of aryl methyl sites for hydroxylation is 1. The van der Waals surface area contributed by atoms with Gasteiger partial charge in [0.15, 0.2) is 0 Å². The average molecular weight is 327 g/mol. The predicted molar refractivity (Wildman–Crippen MR) is 86.0 cm³/mol. The van der Waals surface area contributed by atoms with Crippen LogP contribution in [0.25, 0.3) is 0 Å². The fraction of sp³-hybridized carbons (Fsp3) is 0.667. The molecule has 1 saturated heterocycles. The first-order valence-corrected chi connectivity index (χ1v) is 9.39. The first-order chi connectivity index (χ1) is 10.4. The number of amides is 1. The highest BCUT2D eigenvalue weighted by molar-refractivity contribution is 7.89. The number of sulfonamides is 1. The van der Waals surface area contributed by atoms with E-state index in [0.717, 1.165) is 12.0 Å². The van der Waals surface area contributed by atoms with E-state index in [1.807, 2.05) is 37.0 Å². The summed E-state index contributed by atoms with van der Waals surface area (Å²) in [6, 6.07) is 1.93. The maximum atomic E-state index is 12.3. The van der Waals surface area contributed by atoms with Gasteiger partial charge in [-0.05, 0) is 18.1 Å². The SMILES string of the molecule is CCCCS(=O)(=O)N1CCN(C(=O)Cc2ccn(C)c2)CC1. The molecular weight excluding hydrogens is 302 g/mol. The van der Waals surface area contributed by atoms with Crippen molar-refractivity contribution in [1.29, 1.82) is 0 Å². The van der Waals surface area contributed by atoms with Crippen molar-refractivity contribution in [3.05, 3.63) is 24.0 Å². The highest BCUT2D eigenvalue weighted by atomic mass is 32.2. The van der Waals surface area contributed by atoms with E-state index >= 15 is 0 Å². The molecule has 1 aromatic rings. The minimum Gasteiger partial charge on any atom is -0.357 e. The van der Waals surface area contributed by atoms with Crippen LogP contribution in [0.2, 0.25) is 0 Å². The predicted octanol–water partition coefficient (Wildman–Crippen LogP) is 0.842. The van der Waals surface area contributed by atoms with Gasteiger partial charge in [-0.2, -0.15) is 4.31 Å². The van der Waals surface area contributed by atoms with Crippen molar-refractivity contribution >= 4 is 15.9 Å². The van der Waals surface area contributed by atoms with Gasteiger partial charge in [0, 0.05) is 45.6 Å². The lowest BCUT2D eigenvalue weighted by Gasteiger charge is -2.34. The first kappa shape index (κ1) is 17.0. The van der Waals surface area contributed by atoms with Crippen LogP contribution in [0.3, 0.4) is 0 Å². The van der Waals surface area contributed by atoms with Gasteiger partial charge < -0.3 is 9.47 Å². The Labute approximate surface area is 132 Å². The fourth-order valence-electron chi connectivity index (χ4n) is 2.62. The fourth-order valence-corrected chi connectivity index (χ4v) is 4.25. The van der Waals surface area contributed by atoms with Crippen molar-refractivity contribution in [2.24, 2.45) is 7.05 Å². The van der Waals surface area contributed by atoms with Crippen molar-refractivity contribution in [3.63, 3.8) is 0 Å². The molecule has 2 heterocycles. The summed E-state index contributed by atoms with van der Waals surface area (Å²) >= 11 is 0. The second-order valence-electron chi connectivity index (χ2n) is 5.81. The van der Waals surface area contributed by atoms with E-state index in [1.54, 1.807) is 4.90 Å². The number of nitrogens with zero attached hydrogens (tertiary/aromatic N) is 3. The number of hydrogen-bond donors (Lipinski definition) is 0. The molecule has 1 aliphatic heterocycles. The van der Waals surface area contributed by atoms with Gasteiger partial charge in [-0.1, -0.05) is 13.3 Å². The largest absolute Gasteiger partial charge is 0.357 e. The lowest BCUT2D eigenvalue weighted by molar-refractivity contribution is -0.131. The third kappa shape index (κ3) is 4.33. The Balaban J connectivity index is 1.85. The van der Waals surface area contributed by atoms with Crippen LogP contribution in [0.5, 0.6) is 0 Å². The maximum Gasteiger partial charge on any atom is 0.227 e. The van der Waals surface area contributed by atoms with Crippen LogP contribution in [-0.4, -0.2) is 60.0 Å². The molecule has 22 heavy (non-hydrogen) atoms. The highest BCUT2D eigenvalue weighted by Crippen LogP contribution is 2.11. The van der Waals surface area contributed by atoms with Crippen molar-refractivity contribution in [2.45, 2.75) is 26.2 Å². The minimum absolute atomic E-state index is 0.0665. The normalized spacial score (nSPS) is 16.9. The molecule has 0 aliphatic carbocycles. The maximum absolute atomic E-state index is 12.3. The van der Waals surface area contributed by atoms with Crippen LogP contribution in [0, 0.1) is 0 Å². The molecule has 0 spiro atoms. The third-order valence-electron chi connectivity index (χ3n) is 3.99. The quantitative estimate of drug-likeness (QED) is 0.778. The summed E-state index contributed by atoms with van der Waals surface area (Å²) < 4.78 is 27.7. The van der Waals surface area contributed by atoms with E-state index < -0.39 is 10.0 Å². The van der Waals surface area contributed by atoms with E-state index in [1.165, 1.54) is 4.31 Å². The van der Waals surface area contributed by atoms with Gasteiger partial charge >= 0.3 is 0 Å². The lowest BCUT2D eigenvalue weighted by Crippen LogP contribution is -2.51.